The standard InChI is InChI=1S/C10H14N2O2/c1-7(13)14-3-2-8-4-9(11)6-10(12)5-8/h4-6H,2-3,11-12H2,1H3. The van der Waals surface area contributed by atoms with Gasteiger partial charge in [0.2, 0.25) is 0 Å². The molecule has 76 valence electrons. The van der Waals surface area contributed by atoms with E-state index in [1.165, 1.54) is 6.92 Å². The first kappa shape index (κ1) is 10.4. The van der Waals surface area contributed by atoms with Crippen molar-refractivity contribution in [3.63, 3.8) is 0 Å². The Morgan fingerprint density at radius 3 is 2.36 bits per heavy atom. The summed E-state index contributed by atoms with van der Waals surface area (Å²) in [5.41, 5.74) is 13.4. The second kappa shape index (κ2) is 4.50. The van der Waals surface area contributed by atoms with E-state index < -0.39 is 0 Å². The molecule has 1 aromatic carbocycles. The number of rotatable bonds is 3. The summed E-state index contributed by atoms with van der Waals surface area (Å²) in [5, 5.41) is 0. The van der Waals surface area contributed by atoms with Crippen LogP contribution < -0.4 is 11.5 Å². The number of carbonyl (C=O) groups is 1. The molecule has 0 spiro atoms. The molecule has 0 radical (unpaired) electrons. The van der Waals surface area contributed by atoms with Gasteiger partial charge in [-0.25, -0.2) is 0 Å². The van der Waals surface area contributed by atoms with Crippen LogP contribution in [0.15, 0.2) is 18.2 Å². The summed E-state index contributed by atoms with van der Waals surface area (Å²) >= 11 is 0. The molecule has 0 fully saturated rings. The van der Waals surface area contributed by atoms with Crippen LogP contribution in [0.4, 0.5) is 11.4 Å². The first-order valence-electron chi connectivity index (χ1n) is 4.36. The maximum atomic E-state index is 10.5. The summed E-state index contributed by atoms with van der Waals surface area (Å²) in [4.78, 5) is 10.5. The molecule has 0 aliphatic carbocycles. The molecule has 0 saturated carbocycles. The number of nitrogen functional groups attached to an aromatic ring is 2. The molecule has 0 atom stereocenters. The molecule has 0 heterocycles. The van der Waals surface area contributed by atoms with E-state index in [0.717, 1.165) is 5.56 Å². The van der Waals surface area contributed by atoms with Crippen LogP contribution in [0.25, 0.3) is 0 Å². The minimum atomic E-state index is -0.276. The Morgan fingerprint density at radius 1 is 1.29 bits per heavy atom. The molecule has 0 amide bonds. The normalized spacial score (nSPS) is 9.79. The first-order chi connectivity index (χ1) is 6.58. The van der Waals surface area contributed by atoms with Crippen LogP contribution >= 0.6 is 0 Å². The van der Waals surface area contributed by atoms with Crippen molar-refractivity contribution in [3.05, 3.63) is 23.8 Å². The van der Waals surface area contributed by atoms with Crippen LogP contribution in [0.5, 0.6) is 0 Å². The molecule has 0 unspecified atom stereocenters. The highest BCUT2D eigenvalue weighted by Crippen LogP contribution is 2.13. The van der Waals surface area contributed by atoms with Gasteiger partial charge in [-0.1, -0.05) is 0 Å². The van der Waals surface area contributed by atoms with Crippen molar-refractivity contribution in [2.24, 2.45) is 0 Å². The number of nitrogens with two attached hydrogens (primary N) is 2. The van der Waals surface area contributed by atoms with E-state index in [9.17, 15) is 4.79 Å². The second-order valence-corrected chi connectivity index (χ2v) is 3.10. The van der Waals surface area contributed by atoms with E-state index in [1.807, 2.05) is 12.1 Å². The number of benzene rings is 1. The van der Waals surface area contributed by atoms with Gasteiger partial charge in [0.25, 0.3) is 0 Å². The predicted octanol–water partition coefficient (Wildman–Crippen LogP) is 0.957. The Hall–Kier alpha value is -1.71. The zero-order valence-corrected chi connectivity index (χ0v) is 8.12. The Balaban J connectivity index is 2.54. The van der Waals surface area contributed by atoms with Crippen molar-refractivity contribution in [2.75, 3.05) is 18.1 Å². The minimum absolute atomic E-state index is 0.276. The molecule has 1 rings (SSSR count). The van der Waals surface area contributed by atoms with Crippen LogP contribution in [0.1, 0.15) is 12.5 Å². The van der Waals surface area contributed by atoms with Crippen molar-refractivity contribution in [1.29, 1.82) is 0 Å². The van der Waals surface area contributed by atoms with E-state index in [-0.39, 0.29) is 5.97 Å². The number of anilines is 2. The molecule has 0 bridgehead atoms. The van der Waals surface area contributed by atoms with Crippen LogP contribution in [-0.4, -0.2) is 12.6 Å². The van der Waals surface area contributed by atoms with Gasteiger partial charge < -0.3 is 16.2 Å². The molecule has 4 heteroatoms. The van der Waals surface area contributed by atoms with Crippen LogP contribution in [0.3, 0.4) is 0 Å². The van der Waals surface area contributed by atoms with Crippen molar-refractivity contribution >= 4 is 17.3 Å². The summed E-state index contributed by atoms with van der Waals surface area (Å²) in [6.07, 6.45) is 0.634. The third-order valence-electron chi connectivity index (χ3n) is 1.73. The minimum Gasteiger partial charge on any atom is -0.466 e. The van der Waals surface area contributed by atoms with Crippen molar-refractivity contribution in [1.82, 2.24) is 0 Å². The molecule has 0 aliphatic heterocycles. The third kappa shape index (κ3) is 3.35. The highest BCUT2D eigenvalue weighted by Gasteiger charge is 1.98. The number of esters is 1. The molecule has 0 aromatic heterocycles. The fourth-order valence-electron chi connectivity index (χ4n) is 1.20. The average molecular weight is 194 g/mol. The molecule has 0 aliphatic rings. The first-order valence-corrected chi connectivity index (χ1v) is 4.36. The number of ether oxygens (including phenoxy) is 1. The summed E-state index contributed by atoms with van der Waals surface area (Å²) in [6.45, 7) is 1.74. The van der Waals surface area contributed by atoms with Gasteiger partial charge >= 0.3 is 5.97 Å². The quantitative estimate of drug-likeness (QED) is 0.554. The molecule has 0 saturated heterocycles. The topological polar surface area (TPSA) is 78.3 Å². The van der Waals surface area contributed by atoms with Crippen LogP contribution in [0, 0.1) is 0 Å². The van der Waals surface area contributed by atoms with E-state index in [1.54, 1.807) is 6.07 Å². The Labute approximate surface area is 82.8 Å². The van der Waals surface area contributed by atoms with E-state index in [0.29, 0.717) is 24.4 Å². The highest BCUT2D eigenvalue weighted by molar-refractivity contribution is 5.65. The van der Waals surface area contributed by atoms with E-state index >= 15 is 0 Å². The van der Waals surface area contributed by atoms with Gasteiger partial charge in [-0.2, -0.15) is 0 Å². The van der Waals surface area contributed by atoms with Gasteiger partial charge in [0.05, 0.1) is 6.61 Å². The van der Waals surface area contributed by atoms with Crippen molar-refractivity contribution in [3.8, 4) is 0 Å². The maximum Gasteiger partial charge on any atom is 0.302 e. The summed E-state index contributed by atoms with van der Waals surface area (Å²) in [7, 11) is 0. The van der Waals surface area contributed by atoms with Crippen molar-refractivity contribution in [2.45, 2.75) is 13.3 Å². The molecular weight excluding hydrogens is 180 g/mol. The maximum absolute atomic E-state index is 10.5. The Kier molecular flexibility index (Phi) is 3.34. The number of hydrogen-bond donors (Lipinski definition) is 2. The smallest absolute Gasteiger partial charge is 0.302 e. The van der Waals surface area contributed by atoms with Gasteiger partial charge in [-0.15, -0.1) is 0 Å². The molecule has 1 aromatic rings. The van der Waals surface area contributed by atoms with Gasteiger partial charge in [0.1, 0.15) is 0 Å². The summed E-state index contributed by atoms with van der Waals surface area (Å²) < 4.78 is 4.80. The largest absolute Gasteiger partial charge is 0.466 e. The van der Waals surface area contributed by atoms with Gasteiger partial charge in [-0.3, -0.25) is 4.79 Å². The fraction of sp³-hybridized carbons (Fsp3) is 0.300. The zero-order valence-electron chi connectivity index (χ0n) is 8.12. The van der Waals surface area contributed by atoms with Crippen LogP contribution in [-0.2, 0) is 16.0 Å². The molecule has 4 N–H and O–H groups in total. The lowest BCUT2D eigenvalue weighted by molar-refractivity contribution is -0.140. The lowest BCUT2D eigenvalue weighted by Crippen LogP contribution is -2.04. The Bertz CT molecular complexity index is 317. The van der Waals surface area contributed by atoms with Gasteiger partial charge in [0.15, 0.2) is 0 Å². The second-order valence-electron chi connectivity index (χ2n) is 3.10. The highest BCUT2D eigenvalue weighted by atomic mass is 16.5. The number of carbonyl (C=O) groups excluding carboxylic acids is 1. The van der Waals surface area contributed by atoms with E-state index in [2.05, 4.69) is 0 Å². The third-order valence-corrected chi connectivity index (χ3v) is 1.73. The fourth-order valence-corrected chi connectivity index (χ4v) is 1.20. The average Bonchev–Trinajstić information content (AvgIpc) is 2.01. The number of hydrogen-bond acceptors (Lipinski definition) is 4. The SMILES string of the molecule is CC(=O)OCCc1cc(N)cc(N)c1. The molecule has 4 nitrogen and oxygen atoms in total. The lowest BCUT2D eigenvalue weighted by atomic mass is 10.1. The zero-order chi connectivity index (χ0) is 10.6. The summed E-state index contributed by atoms with van der Waals surface area (Å²) in [6, 6.07) is 5.33. The molecule has 14 heavy (non-hydrogen) atoms. The molecular formula is C10H14N2O2. The van der Waals surface area contributed by atoms with Crippen molar-refractivity contribution < 1.29 is 9.53 Å². The predicted molar refractivity (Wildman–Crippen MR) is 55.6 cm³/mol. The van der Waals surface area contributed by atoms with Gasteiger partial charge in [-0.05, 0) is 23.8 Å². The van der Waals surface area contributed by atoms with Crippen LogP contribution in [0.2, 0.25) is 0 Å². The lowest BCUT2D eigenvalue weighted by Gasteiger charge is -2.04. The monoisotopic (exact) mass is 194 g/mol. The Morgan fingerprint density at radius 2 is 1.86 bits per heavy atom. The summed E-state index contributed by atoms with van der Waals surface area (Å²) in [5.74, 6) is -0.276. The van der Waals surface area contributed by atoms with E-state index in [4.69, 9.17) is 16.2 Å². The van der Waals surface area contributed by atoms with Gasteiger partial charge in [0, 0.05) is 24.7 Å².